The number of aromatic nitrogens is 13. The summed E-state index contributed by atoms with van der Waals surface area (Å²) in [5, 5.41) is 41.3. The normalized spacial score (nSPS) is 12.0. The maximum absolute atomic E-state index is 11.9. The van der Waals surface area contributed by atoms with Crippen LogP contribution in [0.2, 0.25) is 0 Å². The van der Waals surface area contributed by atoms with Gasteiger partial charge < -0.3 is 16.1 Å². The highest BCUT2D eigenvalue weighted by Crippen LogP contribution is 2.31. The summed E-state index contributed by atoms with van der Waals surface area (Å²) in [6.07, 6.45) is 12.8. The van der Waals surface area contributed by atoms with E-state index in [4.69, 9.17) is 23.3 Å². The number of anilines is 3. The van der Waals surface area contributed by atoms with Gasteiger partial charge in [0.2, 0.25) is 17.0 Å². The number of nitrogen functional groups attached to an aromatic ring is 1. The van der Waals surface area contributed by atoms with Crippen LogP contribution in [0, 0.1) is 37.9 Å². The van der Waals surface area contributed by atoms with Gasteiger partial charge in [0, 0.05) is 48.7 Å². The maximum atomic E-state index is 11.9. The summed E-state index contributed by atoms with van der Waals surface area (Å²) < 4.78 is 11.4. The van der Waals surface area contributed by atoms with E-state index in [1.165, 1.54) is 29.1 Å². The Morgan fingerprint density at radius 2 is 1.33 bits per heavy atom. The first-order chi connectivity index (χ1) is 34.8. The number of hydrazine groups is 1. The summed E-state index contributed by atoms with van der Waals surface area (Å²) in [5.41, 5.74) is 6.63. The Bertz CT molecular complexity index is 3630. The summed E-state index contributed by atoms with van der Waals surface area (Å²) in [6, 6.07) is 26.7. The minimum atomic E-state index is 0. The first-order valence-corrected chi connectivity index (χ1v) is 26.9. The third kappa shape index (κ3) is 17.3. The summed E-state index contributed by atoms with van der Waals surface area (Å²) in [6.45, 7) is 2.02. The fraction of sp³-hybridized carbons (Fsp3) is 0.208. The number of benzene rings is 1. The zero-order valence-corrected chi connectivity index (χ0v) is 46.8. The number of aromatic amines is 1. The number of nitrogens with one attached hydrogen (secondary N) is 4. The van der Waals surface area contributed by atoms with E-state index in [0.717, 1.165) is 74.8 Å². The molecule has 0 atom stereocenters. The van der Waals surface area contributed by atoms with Gasteiger partial charge in [-0.1, -0.05) is 34.4 Å². The second kappa shape index (κ2) is 28.3. The van der Waals surface area contributed by atoms with Crippen LogP contribution < -0.4 is 21.9 Å². The van der Waals surface area contributed by atoms with Crippen LogP contribution in [0.1, 0.15) is 53.5 Å². The molecule has 0 spiro atoms. The molecule has 2 aliphatic carbocycles. The lowest BCUT2D eigenvalue weighted by Gasteiger charge is -2.00. The second-order valence-corrected chi connectivity index (χ2v) is 21.6. The number of pyridine rings is 3. The highest BCUT2D eigenvalue weighted by atomic mass is 127. The second-order valence-electron chi connectivity index (χ2n) is 15.5. The number of H-pyrrole nitrogens is 1. The molecule has 12 rings (SSSR count). The van der Waals surface area contributed by atoms with Gasteiger partial charge in [0.05, 0.1) is 12.4 Å². The molecule has 0 unspecified atom stereocenters. The number of imidazole rings is 2. The van der Waals surface area contributed by atoms with Crippen molar-refractivity contribution in [3.8, 4) is 5.40 Å². The molecule has 9 heterocycles. The van der Waals surface area contributed by atoms with Gasteiger partial charge in [0.1, 0.15) is 19.9 Å². The van der Waals surface area contributed by atoms with Gasteiger partial charge in [-0.15, -0.1) is 10.2 Å². The Morgan fingerprint density at radius 3 is 1.92 bits per heavy atom. The molecule has 0 saturated heterocycles. The third-order valence-corrected chi connectivity index (χ3v) is 13.7. The van der Waals surface area contributed by atoms with Gasteiger partial charge in [0.25, 0.3) is 0 Å². The number of nitriles is 1. The van der Waals surface area contributed by atoms with Gasteiger partial charge >= 0.3 is 0 Å². The number of aryl methyl sites for hydroxylation is 1. The van der Waals surface area contributed by atoms with Crippen LogP contribution in [-0.2, 0) is 9.59 Å². The minimum Gasteiger partial charge on any atom is -0.309 e. The molecule has 10 aromatic rings. The van der Waals surface area contributed by atoms with Crippen molar-refractivity contribution in [2.45, 2.75) is 70.0 Å². The Labute approximate surface area is 484 Å². The molecule has 27 heteroatoms. The quantitative estimate of drug-likeness (QED) is 0.0237. The number of rotatable bonds is 8. The number of carbonyl (C=O) groups is 2. The van der Waals surface area contributed by atoms with Crippen molar-refractivity contribution in [1.82, 2.24) is 63.4 Å². The Balaban J connectivity index is 0.000000184. The SMILES string of the molecule is C.C.C.Cc1cccc(SC#N)c1.NNc1ccc(Br)cn1.O=C(Nc1cn2nc(I)ccc2n1)C1CC1.O=C(Nc1cn2nc(Sc3nnc4ccc(Br)cn34)ccc2n1)C1CC1.S=c1[nH]nc2ccc(Br)cn12. The fourth-order valence-corrected chi connectivity index (χ4v) is 8.91. The highest BCUT2D eigenvalue weighted by Gasteiger charge is 2.31. The van der Waals surface area contributed by atoms with Crippen LogP contribution in [0.3, 0.4) is 0 Å². The van der Waals surface area contributed by atoms with Crippen molar-refractivity contribution in [2.24, 2.45) is 17.7 Å². The van der Waals surface area contributed by atoms with Crippen LogP contribution in [-0.4, -0.2) is 75.2 Å². The molecule has 2 fully saturated rings. The molecule has 390 valence electrons. The van der Waals surface area contributed by atoms with Crippen molar-refractivity contribution in [3.05, 3.63) is 143 Å². The Morgan fingerprint density at radius 1 is 0.747 bits per heavy atom. The van der Waals surface area contributed by atoms with E-state index < -0.39 is 0 Å². The molecule has 1 aromatic carbocycles. The molecular weight excluding hydrogens is 1320 g/mol. The number of halogens is 4. The van der Waals surface area contributed by atoms with E-state index in [-0.39, 0.29) is 45.9 Å². The van der Waals surface area contributed by atoms with E-state index in [9.17, 15) is 9.59 Å². The standard InChI is InChI=1S/C16H12BrN7OS.C10H9IN4O.C8H7NS.C6H4BrN3S.C5H6BrN3.3CH4/c17-10-3-4-13-20-21-16(23(13)7-10)26-14-6-5-12-18-11(8-24(12)22-14)19-15(25)9-1-2-9;11-7-3-4-9-12-8(5-15(9)14-7)13-10(16)6-1-2-6;1-7-3-2-4-8(5-7)10-6-9;7-4-1-2-5-8-9-6(11)10(5)3-4;6-4-1-2-5(9-7)8-3-4;;;/h3-9H,1-2H2,(H,19,25);3-6H,1-2H2,(H,13,16);2-5H,1H3;1-3H,(H,9,11);1-3H,7H2,(H,8,9);3*1H4. The smallest absolute Gasteiger partial charge is 0.228 e. The van der Waals surface area contributed by atoms with Crippen LogP contribution in [0.4, 0.5) is 17.5 Å². The number of amides is 2. The van der Waals surface area contributed by atoms with E-state index >= 15 is 0 Å². The van der Waals surface area contributed by atoms with Crippen molar-refractivity contribution in [1.29, 1.82) is 5.26 Å². The average molecular weight is 1370 g/mol. The van der Waals surface area contributed by atoms with Gasteiger partial charge in [-0.2, -0.15) is 20.6 Å². The number of thioether (sulfide) groups is 1. The zero-order chi connectivity index (χ0) is 50.7. The topological polar surface area (TPSA) is 257 Å². The van der Waals surface area contributed by atoms with Crippen LogP contribution in [0.5, 0.6) is 0 Å². The van der Waals surface area contributed by atoms with Crippen molar-refractivity contribution in [3.63, 3.8) is 0 Å². The molecule has 2 saturated carbocycles. The predicted octanol–water partition coefficient (Wildman–Crippen LogP) is 12.5. The fourth-order valence-electron chi connectivity index (χ4n) is 6.13. The molecule has 2 aliphatic rings. The van der Waals surface area contributed by atoms with Gasteiger partial charge in [-0.25, -0.2) is 29.8 Å². The number of nitrogens with two attached hydrogens (primary N) is 1. The zero-order valence-electron chi connectivity index (χ0n) is 37.4. The maximum Gasteiger partial charge on any atom is 0.228 e. The number of carbonyl (C=O) groups excluding carboxylic acids is 2. The Kier molecular flexibility index (Phi) is 22.7. The molecular formula is C48H50Br3IN18O2S3. The van der Waals surface area contributed by atoms with Gasteiger partial charge in [-0.05, 0) is 217 Å². The summed E-state index contributed by atoms with van der Waals surface area (Å²) in [4.78, 5) is 37.0. The minimum absolute atomic E-state index is 0. The van der Waals surface area contributed by atoms with Crippen LogP contribution in [0.15, 0.2) is 144 Å². The number of fused-ring (bicyclic) bond motifs is 4. The van der Waals surface area contributed by atoms with Crippen molar-refractivity contribution >= 4 is 158 Å². The average Bonchev–Trinajstić information content (AvgIpc) is 4.26. The van der Waals surface area contributed by atoms with Crippen LogP contribution in [0.25, 0.3) is 22.6 Å². The molecule has 75 heavy (non-hydrogen) atoms. The number of hydrogen-bond donors (Lipinski definition) is 5. The molecule has 9 aromatic heterocycles. The summed E-state index contributed by atoms with van der Waals surface area (Å²) in [5.74, 6) is 7.26. The summed E-state index contributed by atoms with van der Waals surface area (Å²) in [7, 11) is 0. The molecule has 0 bridgehead atoms. The molecule has 2 amide bonds. The van der Waals surface area contributed by atoms with Crippen molar-refractivity contribution < 1.29 is 9.59 Å². The largest absolute Gasteiger partial charge is 0.309 e. The molecule has 0 radical (unpaired) electrons. The van der Waals surface area contributed by atoms with E-state index in [1.807, 2.05) is 108 Å². The Hall–Kier alpha value is -5.87. The van der Waals surface area contributed by atoms with Gasteiger partial charge in [-0.3, -0.25) is 23.5 Å². The number of hydrogen-bond acceptors (Lipinski definition) is 16. The number of nitrogens with zero attached hydrogens (tertiary/aromatic N) is 13. The molecule has 20 nitrogen and oxygen atoms in total. The third-order valence-electron chi connectivity index (χ3n) is 9.92. The van der Waals surface area contributed by atoms with E-state index in [1.54, 1.807) is 38.1 Å². The van der Waals surface area contributed by atoms with Crippen LogP contribution >= 0.6 is 106 Å². The molecule has 0 aliphatic heterocycles. The van der Waals surface area contributed by atoms with Crippen molar-refractivity contribution in [2.75, 3.05) is 16.1 Å². The van der Waals surface area contributed by atoms with Gasteiger partial charge in [0.15, 0.2) is 39.0 Å². The predicted molar refractivity (Wildman–Crippen MR) is 317 cm³/mol. The molecule has 6 N–H and O–H groups in total. The van der Waals surface area contributed by atoms with E-state index in [0.29, 0.717) is 27.9 Å². The van der Waals surface area contributed by atoms with E-state index in [2.05, 4.69) is 132 Å². The monoisotopic (exact) mass is 1370 g/mol. The lowest BCUT2D eigenvalue weighted by Crippen LogP contribution is -2.13. The lowest BCUT2D eigenvalue weighted by molar-refractivity contribution is -0.118. The first kappa shape index (κ1) is 60.0. The highest BCUT2D eigenvalue weighted by molar-refractivity contribution is 14.1. The first-order valence-electron chi connectivity index (χ1n) is 21.4. The summed E-state index contributed by atoms with van der Waals surface area (Å²) >= 11 is 19.8. The lowest BCUT2D eigenvalue weighted by atomic mass is 10.2. The number of thiocyanates is 1.